The van der Waals surface area contributed by atoms with Crippen LogP contribution in [-0.2, 0) is 17.1 Å². The number of benzene rings is 1. The van der Waals surface area contributed by atoms with Crippen LogP contribution in [0, 0.1) is 0 Å². The fraction of sp³-hybridized carbons (Fsp3) is 0.545. The summed E-state index contributed by atoms with van der Waals surface area (Å²) in [5, 5.41) is 0.0130. The van der Waals surface area contributed by atoms with Gasteiger partial charge in [0.05, 0.1) is 26.1 Å². The maximum Gasteiger partial charge on any atom is 0.262 e. The first-order valence-corrected chi connectivity index (χ1v) is 12.6. The Bertz CT molecular complexity index is 1040. The lowest BCUT2D eigenvalue weighted by Gasteiger charge is -2.23. The number of hydrogen-bond donors (Lipinski definition) is 0. The number of amides is 1. The number of aryl methyl sites for hydroxylation is 1. The van der Waals surface area contributed by atoms with Crippen LogP contribution in [0.25, 0.3) is 0 Å². The highest BCUT2D eigenvalue weighted by molar-refractivity contribution is 7.89. The molecule has 0 N–H and O–H groups in total. The van der Waals surface area contributed by atoms with Crippen molar-refractivity contribution in [2.75, 3.05) is 46.0 Å². The normalized spacial score (nSPS) is 15.2. The lowest BCUT2D eigenvalue weighted by molar-refractivity contribution is 0.0763. The fourth-order valence-corrected chi connectivity index (χ4v) is 5.12. The van der Waals surface area contributed by atoms with E-state index in [0.717, 1.165) is 0 Å². The van der Waals surface area contributed by atoms with Gasteiger partial charge in [-0.25, -0.2) is 13.4 Å². The van der Waals surface area contributed by atoms with Gasteiger partial charge >= 0.3 is 0 Å². The molecule has 0 aliphatic carbocycles. The molecule has 3 rings (SSSR count). The topological polar surface area (TPSA) is 103 Å². The lowest BCUT2D eigenvalue weighted by Crippen LogP contribution is -2.37. The third-order valence-corrected chi connectivity index (χ3v) is 6.97. The highest BCUT2D eigenvalue weighted by atomic mass is 32.2. The minimum atomic E-state index is -3.71. The summed E-state index contributed by atoms with van der Waals surface area (Å²) in [5.41, 5.74) is 0.409. The molecule has 10 nitrogen and oxygen atoms in total. The van der Waals surface area contributed by atoms with E-state index in [0.29, 0.717) is 62.1 Å². The molecular weight excluding hydrogens is 448 g/mol. The Morgan fingerprint density at radius 2 is 1.61 bits per heavy atom. The van der Waals surface area contributed by atoms with Crippen LogP contribution < -0.4 is 14.2 Å². The predicted octanol–water partition coefficient (Wildman–Crippen LogP) is 2.15. The highest BCUT2D eigenvalue weighted by Gasteiger charge is 2.30. The lowest BCUT2D eigenvalue weighted by atomic mass is 10.1. The molecule has 2 heterocycles. The average molecular weight is 481 g/mol. The van der Waals surface area contributed by atoms with Crippen molar-refractivity contribution in [2.24, 2.45) is 7.05 Å². The Morgan fingerprint density at radius 1 is 0.970 bits per heavy atom. The van der Waals surface area contributed by atoms with E-state index in [1.165, 1.54) is 16.8 Å². The van der Waals surface area contributed by atoms with Crippen molar-refractivity contribution in [1.29, 1.82) is 0 Å². The van der Waals surface area contributed by atoms with E-state index in [-0.39, 0.29) is 24.0 Å². The number of ether oxygens (including phenoxy) is 3. The van der Waals surface area contributed by atoms with Crippen molar-refractivity contribution >= 4 is 15.9 Å². The van der Waals surface area contributed by atoms with Gasteiger partial charge in [-0.05, 0) is 39.3 Å². The second-order valence-corrected chi connectivity index (χ2v) is 9.41. The van der Waals surface area contributed by atoms with Crippen molar-refractivity contribution in [1.82, 2.24) is 18.8 Å². The second kappa shape index (κ2) is 10.9. The molecule has 1 saturated heterocycles. The standard InChI is InChI=1S/C22H32N4O6S/c1-5-30-18-13-17(14-19(31-6-2)21(18)32-7-3)22(27)25-9-8-10-26(12-11-25)33(28,29)20-15-24(4)16-23-20/h13-16H,5-12H2,1-4H3. The molecule has 0 saturated carbocycles. The van der Waals surface area contributed by atoms with Crippen molar-refractivity contribution in [3.8, 4) is 17.2 Å². The van der Waals surface area contributed by atoms with Gasteiger partial charge in [0, 0.05) is 45.0 Å². The SMILES string of the molecule is CCOc1cc(C(=O)N2CCCN(S(=O)(=O)c3cn(C)cn3)CC2)cc(OCC)c1OCC. The Hall–Kier alpha value is -2.79. The van der Waals surface area contributed by atoms with Crippen LogP contribution in [0.2, 0.25) is 0 Å². The number of hydrogen-bond acceptors (Lipinski definition) is 7. The van der Waals surface area contributed by atoms with E-state index in [1.807, 2.05) is 20.8 Å². The summed E-state index contributed by atoms with van der Waals surface area (Å²) in [4.78, 5) is 19.0. The number of carbonyl (C=O) groups is 1. The van der Waals surface area contributed by atoms with Gasteiger partial charge in [0.25, 0.3) is 15.9 Å². The van der Waals surface area contributed by atoms with Gasteiger partial charge in [0.1, 0.15) is 0 Å². The van der Waals surface area contributed by atoms with Crippen LogP contribution in [0.3, 0.4) is 0 Å². The van der Waals surface area contributed by atoms with Gasteiger partial charge in [-0.1, -0.05) is 0 Å². The third-order valence-electron chi connectivity index (χ3n) is 5.18. The molecule has 1 aliphatic heterocycles. The van der Waals surface area contributed by atoms with E-state index >= 15 is 0 Å². The number of rotatable bonds is 9. The molecule has 0 unspecified atom stereocenters. The molecule has 1 aliphatic rings. The van der Waals surface area contributed by atoms with E-state index in [9.17, 15) is 13.2 Å². The number of carbonyl (C=O) groups excluding carboxylic acids is 1. The van der Waals surface area contributed by atoms with Crippen LogP contribution in [-0.4, -0.2) is 79.1 Å². The minimum Gasteiger partial charge on any atom is -0.490 e. The third kappa shape index (κ3) is 5.59. The second-order valence-electron chi connectivity index (χ2n) is 7.53. The number of aromatic nitrogens is 2. The molecule has 1 fully saturated rings. The summed E-state index contributed by atoms with van der Waals surface area (Å²) in [6.45, 7) is 8.05. The van der Waals surface area contributed by atoms with Crippen LogP contribution >= 0.6 is 0 Å². The molecule has 33 heavy (non-hydrogen) atoms. The van der Waals surface area contributed by atoms with Gasteiger partial charge in [-0.3, -0.25) is 4.79 Å². The summed E-state index contributed by atoms with van der Waals surface area (Å²) < 4.78 is 46.0. The molecule has 0 spiro atoms. The number of imidazole rings is 1. The van der Waals surface area contributed by atoms with Crippen molar-refractivity contribution in [3.05, 3.63) is 30.2 Å². The molecule has 11 heteroatoms. The molecule has 0 atom stereocenters. The van der Waals surface area contributed by atoms with Gasteiger partial charge in [-0.2, -0.15) is 4.31 Å². The Kier molecular flexibility index (Phi) is 8.20. The zero-order chi connectivity index (χ0) is 24.0. The van der Waals surface area contributed by atoms with E-state index in [2.05, 4.69) is 4.98 Å². The zero-order valence-electron chi connectivity index (χ0n) is 19.6. The predicted molar refractivity (Wildman–Crippen MR) is 122 cm³/mol. The molecule has 0 bridgehead atoms. The average Bonchev–Trinajstić information content (AvgIpc) is 3.08. The van der Waals surface area contributed by atoms with Gasteiger partial charge in [-0.15, -0.1) is 0 Å². The summed E-state index contributed by atoms with van der Waals surface area (Å²) in [6, 6.07) is 3.32. The highest BCUT2D eigenvalue weighted by Crippen LogP contribution is 2.39. The monoisotopic (exact) mass is 480 g/mol. The summed E-state index contributed by atoms with van der Waals surface area (Å²) >= 11 is 0. The first-order valence-electron chi connectivity index (χ1n) is 11.2. The summed E-state index contributed by atoms with van der Waals surface area (Å²) in [5.74, 6) is 1.16. The summed E-state index contributed by atoms with van der Waals surface area (Å²) in [7, 11) is -1.99. The summed E-state index contributed by atoms with van der Waals surface area (Å²) in [6.07, 6.45) is 3.46. The van der Waals surface area contributed by atoms with E-state index in [1.54, 1.807) is 28.6 Å². The van der Waals surface area contributed by atoms with E-state index < -0.39 is 10.0 Å². The molecule has 2 aromatic rings. The Morgan fingerprint density at radius 3 is 2.15 bits per heavy atom. The molecule has 1 aromatic carbocycles. The van der Waals surface area contributed by atoms with Gasteiger partial charge < -0.3 is 23.7 Å². The van der Waals surface area contributed by atoms with E-state index in [4.69, 9.17) is 14.2 Å². The maximum atomic E-state index is 13.4. The smallest absolute Gasteiger partial charge is 0.262 e. The fourth-order valence-electron chi connectivity index (χ4n) is 3.69. The van der Waals surface area contributed by atoms with Crippen LogP contribution in [0.15, 0.2) is 29.7 Å². The first kappa shape index (κ1) is 24.8. The van der Waals surface area contributed by atoms with Crippen LogP contribution in [0.4, 0.5) is 0 Å². The maximum absolute atomic E-state index is 13.4. The van der Waals surface area contributed by atoms with Crippen molar-refractivity contribution < 1.29 is 27.4 Å². The number of nitrogens with zero attached hydrogens (tertiary/aromatic N) is 4. The van der Waals surface area contributed by atoms with Crippen LogP contribution in [0.1, 0.15) is 37.6 Å². The Labute approximate surface area is 195 Å². The largest absolute Gasteiger partial charge is 0.490 e. The molecule has 182 valence electrons. The van der Waals surface area contributed by atoms with Crippen molar-refractivity contribution in [3.63, 3.8) is 0 Å². The van der Waals surface area contributed by atoms with Gasteiger partial charge in [0.15, 0.2) is 16.5 Å². The molecule has 1 aromatic heterocycles. The van der Waals surface area contributed by atoms with Gasteiger partial charge in [0.2, 0.25) is 5.75 Å². The van der Waals surface area contributed by atoms with Crippen LogP contribution in [0.5, 0.6) is 17.2 Å². The zero-order valence-corrected chi connectivity index (χ0v) is 20.4. The molecule has 1 amide bonds. The minimum absolute atomic E-state index is 0.0130. The first-order chi connectivity index (χ1) is 15.8. The quantitative estimate of drug-likeness (QED) is 0.542. The molecular formula is C22H32N4O6S. The van der Waals surface area contributed by atoms with Crippen molar-refractivity contribution in [2.45, 2.75) is 32.2 Å². The Balaban J connectivity index is 1.82. The molecule has 0 radical (unpaired) electrons. The number of sulfonamides is 1.